The molecule has 1 saturated heterocycles. The Hall–Kier alpha value is -3.32. The molecule has 1 heterocycles. The van der Waals surface area contributed by atoms with Crippen LogP contribution in [0.5, 0.6) is 11.5 Å². The number of amides is 1. The van der Waals surface area contributed by atoms with E-state index in [-0.39, 0.29) is 23.8 Å². The largest absolute Gasteiger partial charge is 0.508 e. The first-order chi connectivity index (χ1) is 16.7. The number of phenols is 1. The van der Waals surface area contributed by atoms with Crippen molar-refractivity contribution in [2.45, 2.75) is 44.9 Å². The van der Waals surface area contributed by atoms with E-state index in [0.717, 1.165) is 24.2 Å². The fourth-order valence-corrected chi connectivity index (χ4v) is 7.17. The van der Waals surface area contributed by atoms with Crippen LogP contribution in [0.4, 0.5) is 0 Å². The minimum absolute atomic E-state index is 0.0440. The molecule has 6 nitrogen and oxygen atoms in total. The lowest BCUT2D eigenvalue weighted by Gasteiger charge is -2.24. The number of carbonyl (C=O) groups is 1. The first-order valence-electron chi connectivity index (χ1n) is 11.8. The van der Waals surface area contributed by atoms with Crippen LogP contribution in [0.3, 0.4) is 0 Å². The van der Waals surface area contributed by atoms with E-state index in [0.29, 0.717) is 5.56 Å². The minimum atomic E-state index is -3.67. The third-order valence-electron chi connectivity index (χ3n) is 7.30. The van der Waals surface area contributed by atoms with Gasteiger partial charge in [-0.1, -0.05) is 30.3 Å². The zero-order valence-electron chi connectivity index (χ0n) is 20.1. The quantitative estimate of drug-likeness (QED) is 0.552. The van der Waals surface area contributed by atoms with Crippen molar-refractivity contribution in [2.75, 3.05) is 12.9 Å². The van der Waals surface area contributed by atoms with E-state index in [4.69, 9.17) is 4.74 Å². The maximum Gasteiger partial charge on any atom is 0.235 e. The van der Waals surface area contributed by atoms with Gasteiger partial charge in [0.25, 0.3) is 0 Å². The van der Waals surface area contributed by atoms with Gasteiger partial charge in [-0.05, 0) is 89.4 Å². The molecular formula is C28H29NO5S. The van der Waals surface area contributed by atoms with Crippen molar-refractivity contribution in [3.8, 4) is 22.6 Å². The predicted octanol–water partition coefficient (Wildman–Crippen LogP) is 4.70. The Kier molecular flexibility index (Phi) is 5.83. The number of phenolic OH excluding ortho intramolecular Hbond substituents is 1. The van der Waals surface area contributed by atoms with Crippen molar-refractivity contribution in [3.63, 3.8) is 0 Å². The molecule has 0 saturated carbocycles. The summed E-state index contributed by atoms with van der Waals surface area (Å²) in [6.07, 6.45) is 1.91. The van der Waals surface area contributed by atoms with Gasteiger partial charge >= 0.3 is 0 Å². The predicted molar refractivity (Wildman–Crippen MR) is 135 cm³/mol. The van der Waals surface area contributed by atoms with Crippen LogP contribution in [0.15, 0.2) is 48.5 Å². The van der Waals surface area contributed by atoms with Gasteiger partial charge in [0.1, 0.15) is 11.5 Å². The molecule has 7 heteroatoms. The van der Waals surface area contributed by atoms with E-state index in [1.807, 2.05) is 10.8 Å². The van der Waals surface area contributed by atoms with Crippen LogP contribution in [0, 0.1) is 13.8 Å². The summed E-state index contributed by atoms with van der Waals surface area (Å²) < 4.78 is 31.4. The number of sulfonamides is 1. The van der Waals surface area contributed by atoms with Gasteiger partial charge in [0.15, 0.2) is 0 Å². The Morgan fingerprint density at radius 1 is 1.03 bits per heavy atom. The Balaban J connectivity index is 1.49. The number of fused-ring (bicyclic) bond motifs is 1. The monoisotopic (exact) mass is 491 g/mol. The van der Waals surface area contributed by atoms with Crippen LogP contribution in [0.2, 0.25) is 0 Å². The van der Waals surface area contributed by atoms with Gasteiger partial charge in [-0.25, -0.2) is 8.42 Å². The first kappa shape index (κ1) is 23.4. The van der Waals surface area contributed by atoms with E-state index in [1.165, 1.54) is 33.4 Å². The highest BCUT2D eigenvalue weighted by Gasteiger charge is 2.33. The number of methoxy groups -OCH3 is 1. The molecule has 182 valence electrons. The van der Waals surface area contributed by atoms with Crippen molar-refractivity contribution >= 4 is 15.9 Å². The normalized spacial score (nSPS) is 20.8. The number of rotatable bonds is 4. The summed E-state index contributed by atoms with van der Waals surface area (Å²) in [4.78, 5) is 11.8. The van der Waals surface area contributed by atoms with Crippen molar-refractivity contribution in [3.05, 3.63) is 81.9 Å². The van der Waals surface area contributed by atoms with Crippen molar-refractivity contribution in [1.29, 1.82) is 0 Å². The Labute approximate surface area is 206 Å². The highest BCUT2D eigenvalue weighted by molar-refractivity contribution is 7.90. The Bertz CT molecular complexity index is 1420. The van der Waals surface area contributed by atoms with Gasteiger partial charge < -0.3 is 9.84 Å². The molecule has 0 radical (unpaired) electrons. The Morgan fingerprint density at radius 3 is 2.43 bits per heavy atom. The summed E-state index contributed by atoms with van der Waals surface area (Å²) >= 11 is 0. The smallest absolute Gasteiger partial charge is 0.235 e. The zero-order valence-corrected chi connectivity index (χ0v) is 20.9. The van der Waals surface area contributed by atoms with E-state index in [1.54, 1.807) is 19.2 Å². The van der Waals surface area contributed by atoms with Gasteiger partial charge in [0.2, 0.25) is 15.9 Å². The van der Waals surface area contributed by atoms with E-state index in [9.17, 15) is 18.3 Å². The highest BCUT2D eigenvalue weighted by Crippen LogP contribution is 2.45. The molecule has 1 aliphatic heterocycles. The van der Waals surface area contributed by atoms with Gasteiger partial charge in [-0.15, -0.1) is 0 Å². The van der Waals surface area contributed by atoms with Crippen LogP contribution >= 0.6 is 0 Å². The maximum atomic E-state index is 12.0. The number of aromatic hydroxyl groups is 1. The van der Waals surface area contributed by atoms with E-state index >= 15 is 0 Å². The van der Waals surface area contributed by atoms with Gasteiger partial charge in [-0.3, -0.25) is 9.52 Å². The molecule has 5 rings (SSSR count). The second kappa shape index (κ2) is 8.72. The van der Waals surface area contributed by atoms with Crippen LogP contribution < -0.4 is 9.46 Å². The maximum absolute atomic E-state index is 12.0. The van der Waals surface area contributed by atoms with Gasteiger partial charge in [0.05, 0.1) is 12.9 Å². The fraction of sp³-hybridized carbons (Fsp3) is 0.321. The van der Waals surface area contributed by atoms with E-state index < -0.39 is 21.8 Å². The summed E-state index contributed by atoms with van der Waals surface area (Å²) in [7, 11) is -1.99. The molecule has 0 spiro atoms. The lowest BCUT2D eigenvalue weighted by atomic mass is 9.87. The number of aryl methyl sites for hydroxylation is 2. The van der Waals surface area contributed by atoms with Crippen LogP contribution in [0.25, 0.3) is 11.1 Å². The summed E-state index contributed by atoms with van der Waals surface area (Å²) in [5, 5.41) is 10.8. The number of carbonyl (C=O) groups excluding carboxylic acids is 1. The molecule has 2 atom stereocenters. The fourth-order valence-electron chi connectivity index (χ4n) is 5.83. The minimum Gasteiger partial charge on any atom is -0.508 e. The van der Waals surface area contributed by atoms with Crippen LogP contribution in [0.1, 0.15) is 58.1 Å². The molecule has 1 aliphatic carbocycles. The third kappa shape index (κ3) is 4.29. The second-order valence-corrected chi connectivity index (χ2v) is 11.4. The third-order valence-corrected chi connectivity index (χ3v) is 8.68. The summed E-state index contributed by atoms with van der Waals surface area (Å²) in [5.74, 6) is -0.252. The molecule has 3 aromatic carbocycles. The number of benzene rings is 3. The standard InChI is InChI=1S/C28H29NO5S/c1-16-11-20(34-3)12-17(2)28(16)25-6-4-5-23-21(9-10-24(23)25)18-7-8-22(26(30)13-18)19-14-27(31)29-35(32,33)15-19/h4-8,11-13,19,21,30H,9-10,14-15H2,1-3H3,(H,29,31)/t19?,21-/m1/s1. The van der Waals surface area contributed by atoms with E-state index in [2.05, 4.69) is 44.2 Å². The average Bonchev–Trinajstić information content (AvgIpc) is 3.22. The molecule has 1 unspecified atom stereocenters. The van der Waals surface area contributed by atoms with Crippen molar-refractivity contribution in [2.24, 2.45) is 0 Å². The van der Waals surface area contributed by atoms with Crippen molar-refractivity contribution in [1.82, 2.24) is 4.72 Å². The molecule has 3 aromatic rings. The number of hydrogen-bond acceptors (Lipinski definition) is 5. The molecule has 35 heavy (non-hydrogen) atoms. The SMILES string of the molecule is COc1cc(C)c(-c2cccc3c2CC[C@@H]3c2ccc(C3CC(=O)NS(=O)(=O)C3)c(O)c2)c(C)c1. The summed E-state index contributed by atoms with van der Waals surface area (Å²) in [6.45, 7) is 4.22. The average molecular weight is 492 g/mol. The lowest BCUT2D eigenvalue weighted by molar-refractivity contribution is -0.119. The number of hydrogen-bond donors (Lipinski definition) is 2. The highest BCUT2D eigenvalue weighted by atomic mass is 32.2. The number of nitrogens with one attached hydrogen (secondary N) is 1. The molecule has 2 aliphatic rings. The molecule has 1 amide bonds. The number of ether oxygens (including phenoxy) is 1. The summed E-state index contributed by atoms with van der Waals surface area (Å²) in [6, 6.07) is 16.0. The van der Waals surface area contributed by atoms with Gasteiger partial charge in [0, 0.05) is 18.3 Å². The molecule has 2 N–H and O–H groups in total. The molecule has 1 fully saturated rings. The summed E-state index contributed by atoms with van der Waals surface area (Å²) in [5.41, 5.74) is 8.90. The second-order valence-electron chi connectivity index (χ2n) is 9.63. The lowest BCUT2D eigenvalue weighted by Crippen LogP contribution is -2.40. The molecule has 0 bridgehead atoms. The first-order valence-corrected chi connectivity index (χ1v) is 13.5. The van der Waals surface area contributed by atoms with Crippen LogP contribution in [-0.2, 0) is 21.2 Å². The molecule has 0 aromatic heterocycles. The topological polar surface area (TPSA) is 92.7 Å². The zero-order chi connectivity index (χ0) is 24.9. The van der Waals surface area contributed by atoms with Gasteiger partial charge in [-0.2, -0.15) is 0 Å². The van der Waals surface area contributed by atoms with Crippen LogP contribution in [-0.4, -0.2) is 32.3 Å². The van der Waals surface area contributed by atoms with Crippen molar-refractivity contribution < 1.29 is 23.1 Å². The molecular weight excluding hydrogens is 462 g/mol. The Morgan fingerprint density at radius 2 is 1.77 bits per heavy atom.